The molecule has 0 atom stereocenters. The molecule has 1 aromatic rings. The van der Waals surface area contributed by atoms with Gasteiger partial charge < -0.3 is 5.73 Å². The molecule has 8 heteroatoms. The van der Waals surface area contributed by atoms with E-state index in [9.17, 15) is 17.2 Å². The molecule has 0 spiro atoms. The minimum atomic E-state index is -4.28. The number of rotatable bonds is 2. The number of alkyl halides is 2. The van der Waals surface area contributed by atoms with Crippen LogP contribution < -0.4 is 5.73 Å². The summed E-state index contributed by atoms with van der Waals surface area (Å²) in [5.41, 5.74) is 3.93. The number of hydrogen-bond donors (Lipinski definition) is 1. The van der Waals surface area contributed by atoms with Crippen molar-refractivity contribution in [3.05, 3.63) is 17.5 Å². The Hall–Kier alpha value is -0.950. The molecule has 1 aromatic heterocycles. The van der Waals surface area contributed by atoms with Crippen molar-refractivity contribution in [2.45, 2.75) is 18.2 Å². The maximum atomic E-state index is 12.6. The predicted octanol–water partition coefficient (Wildman–Crippen LogP) is 1.84. The number of nitrogens with two attached hydrogens (primary N) is 1. The highest BCUT2D eigenvalue weighted by atomic mass is 35.7. The van der Waals surface area contributed by atoms with Crippen molar-refractivity contribution in [2.75, 3.05) is 5.73 Å². The van der Waals surface area contributed by atoms with Crippen LogP contribution in [0.3, 0.4) is 0 Å². The summed E-state index contributed by atoms with van der Waals surface area (Å²) < 4.78 is 47.3. The lowest BCUT2D eigenvalue weighted by molar-refractivity contribution is 0.148. The smallest absolute Gasteiger partial charge is 0.267 e. The number of halogens is 3. The lowest BCUT2D eigenvalue weighted by Crippen LogP contribution is -2.07. The second-order valence-corrected chi connectivity index (χ2v) is 5.28. The zero-order chi connectivity index (χ0) is 11.8. The largest absolute Gasteiger partial charge is 0.397 e. The number of aryl methyl sites for hydroxylation is 1. The average molecular weight is 257 g/mol. The van der Waals surface area contributed by atoms with Crippen LogP contribution in [0.15, 0.2) is 11.1 Å². The second kappa shape index (κ2) is 3.90. The first kappa shape index (κ1) is 12.1. The van der Waals surface area contributed by atoms with E-state index >= 15 is 0 Å². The molecule has 2 N–H and O–H groups in total. The van der Waals surface area contributed by atoms with Crippen molar-refractivity contribution in [2.24, 2.45) is 0 Å². The first-order valence-corrected chi connectivity index (χ1v) is 6.04. The van der Waals surface area contributed by atoms with Crippen molar-refractivity contribution in [3.8, 4) is 0 Å². The second-order valence-electron chi connectivity index (χ2n) is 2.78. The first-order chi connectivity index (χ1) is 6.75. The molecule has 0 saturated carbocycles. The van der Waals surface area contributed by atoms with Gasteiger partial charge in [0, 0.05) is 10.7 Å². The van der Waals surface area contributed by atoms with E-state index in [2.05, 4.69) is 4.98 Å². The monoisotopic (exact) mass is 256 g/mol. The third-order valence-electron chi connectivity index (χ3n) is 1.74. The predicted molar refractivity (Wildman–Crippen MR) is 51.4 cm³/mol. The highest BCUT2D eigenvalue weighted by Gasteiger charge is 2.27. The normalized spacial score (nSPS) is 12.1. The Morgan fingerprint density at radius 1 is 1.53 bits per heavy atom. The maximum Gasteiger partial charge on any atom is 0.267 e. The molecule has 0 bridgehead atoms. The molecule has 0 aliphatic heterocycles. The van der Waals surface area contributed by atoms with Crippen molar-refractivity contribution < 1.29 is 17.2 Å². The molecule has 0 unspecified atom stereocenters. The highest BCUT2D eigenvalue weighted by molar-refractivity contribution is 8.13. The molecule has 4 nitrogen and oxygen atoms in total. The molecular weight excluding hydrogens is 250 g/mol. The quantitative estimate of drug-likeness (QED) is 0.820. The van der Waals surface area contributed by atoms with E-state index in [4.69, 9.17) is 16.4 Å². The third kappa shape index (κ3) is 2.35. The van der Waals surface area contributed by atoms with E-state index < -0.39 is 31.6 Å². The fourth-order valence-electron chi connectivity index (χ4n) is 1.15. The molecule has 84 valence electrons. The Kier molecular flexibility index (Phi) is 3.15. The molecular formula is C7H7ClF2N2O2S. The molecule has 0 radical (unpaired) electrons. The van der Waals surface area contributed by atoms with Crippen LogP contribution in [-0.4, -0.2) is 13.4 Å². The van der Waals surface area contributed by atoms with E-state index in [0.29, 0.717) is 0 Å². The van der Waals surface area contributed by atoms with E-state index in [-0.39, 0.29) is 5.69 Å². The summed E-state index contributed by atoms with van der Waals surface area (Å²) in [7, 11) is 0.746. The summed E-state index contributed by atoms with van der Waals surface area (Å²) in [6.45, 7) is 1.26. The molecule has 0 amide bonds. The lowest BCUT2D eigenvalue weighted by atomic mass is 10.2. The summed E-state index contributed by atoms with van der Waals surface area (Å²) in [6.07, 6.45) is -2.04. The van der Waals surface area contributed by atoms with Crippen LogP contribution >= 0.6 is 10.7 Å². The number of hydrogen-bond acceptors (Lipinski definition) is 4. The molecule has 1 heterocycles. The summed E-state index contributed by atoms with van der Waals surface area (Å²) in [5.74, 6) is 0. The molecule has 0 aliphatic rings. The number of aromatic nitrogens is 1. The minimum Gasteiger partial charge on any atom is -0.397 e. The summed E-state index contributed by atoms with van der Waals surface area (Å²) in [4.78, 5) is 2.86. The fourth-order valence-corrected chi connectivity index (χ4v) is 2.61. The van der Waals surface area contributed by atoms with Gasteiger partial charge in [-0.3, -0.25) is 4.98 Å². The van der Waals surface area contributed by atoms with Crippen molar-refractivity contribution in [1.82, 2.24) is 4.98 Å². The van der Waals surface area contributed by atoms with Gasteiger partial charge in [0.1, 0.15) is 4.90 Å². The SMILES string of the molecule is Cc1ncc(N)c(C(F)F)c1S(=O)(=O)Cl. The van der Waals surface area contributed by atoms with Gasteiger partial charge in [0.2, 0.25) is 0 Å². The number of anilines is 1. The number of nitrogens with zero attached hydrogens (tertiary/aromatic N) is 1. The van der Waals surface area contributed by atoms with E-state index in [1.165, 1.54) is 6.92 Å². The lowest BCUT2D eigenvalue weighted by Gasteiger charge is -2.10. The van der Waals surface area contributed by atoms with E-state index in [0.717, 1.165) is 6.20 Å². The Labute approximate surface area is 89.5 Å². The molecule has 1 rings (SSSR count). The zero-order valence-electron chi connectivity index (χ0n) is 7.54. The summed E-state index contributed by atoms with van der Waals surface area (Å²) >= 11 is 0. The molecule has 0 saturated heterocycles. The maximum absolute atomic E-state index is 12.6. The Bertz CT molecular complexity index is 490. The van der Waals surface area contributed by atoms with Crippen molar-refractivity contribution in [1.29, 1.82) is 0 Å². The standard InChI is InChI=1S/C7H7ClF2N2O2S/c1-3-6(15(8,13)14)5(7(9)10)4(11)2-12-3/h2,7H,11H2,1H3. The van der Waals surface area contributed by atoms with Gasteiger partial charge in [0.05, 0.1) is 23.1 Å². The van der Waals surface area contributed by atoms with Gasteiger partial charge in [-0.2, -0.15) is 0 Å². The van der Waals surface area contributed by atoms with Gasteiger partial charge in [0.25, 0.3) is 15.5 Å². The van der Waals surface area contributed by atoms with Gasteiger partial charge in [-0.1, -0.05) is 0 Å². The van der Waals surface area contributed by atoms with Crippen molar-refractivity contribution in [3.63, 3.8) is 0 Å². The van der Waals surface area contributed by atoms with Gasteiger partial charge >= 0.3 is 0 Å². The Morgan fingerprint density at radius 2 is 2.07 bits per heavy atom. The minimum absolute atomic E-state index is 0.102. The van der Waals surface area contributed by atoms with Crippen LogP contribution in [0.2, 0.25) is 0 Å². The zero-order valence-corrected chi connectivity index (χ0v) is 9.11. The fraction of sp³-hybridized carbons (Fsp3) is 0.286. The topological polar surface area (TPSA) is 73.0 Å². The number of pyridine rings is 1. The van der Waals surface area contributed by atoms with Crippen LogP contribution in [0.5, 0.6) is 0 Å². The third-order valence-corrected chi connectivity index (χ3v) is 3.21. The van der Waals surface area contributed by atoms with Gasteiger partial charge in [-0.25, -0.2) is 17.2 Å². The van der Waals surface area contributed by atoms with Crippen LogP contribution in [0.25, 0.3) is 0 Å². The van der Waals surface area contributed by atoms with E-state index in [1.807, 2.05) is 0 Å². The first-order valence-electron chi connectivity index (χ1n) is 3.73. The average Bonchev–Trinajstić information content (AvgIpc) is 2.05. The van der Waals surface area contributed by atoms with Crippen LogP contribution in [0, 0.1) is 6.92 Å². The summed E-state index contributed by atoms with van der Waals surface area (Å²) in [5, 5.41) is 0. The van der Waals surface area contributed by atoms with Gasteiger partial charge in [-0.15, -0.1) is 0 Å². The van der Waals surface area contributed by atoms with E-state index in [1.54, 1.807) is 0 Å². The Morgan fingerprint density at radius 3 is 2.40 bits per heavy atom. The van der Waals surface area contributed by atoms with Crippen LogP contribution in [0.1, 0.15) is 17.7 Å². The molecule has 0 aliphatic carbocycles. The van der Waals surface area contributed by atoms with Crippen molar-refractivity contribution >= 4 is 25.4 Å². The number of nitrogen functional groups attached to an aromatic ring is 1. The summed E-state index contributed by atoms with van der Waals surface area (Å²) in [6, 6.07) is 0. The molecule has 15 heavy (non-hydrogen) atoms. The van der Waals surface area contributed by atoms with Crippen LogP contribution in [-0.2, 0) is 9.05 Å². The van der Waals surface area contributed by atoms with Crippen LogP contribution in [0.4, 0.5) is 14.5 Å². The molecule has 0 aromatic carbocycles. The van der Waals surface area contributed by atoms with Gasteiger partial charge in [0.15, 0.2) is 0 Å². The molecule has 0 fully saturated rings. The highest BCUT2D eigenvalue weighted by Crippen LogP contribution is 2.34. The Balaban J connectivity index is 3.68. The van der Waals surface area contributed by atoms with Gasteiger partial charge in [-0.05, 0) is 6.92 Å².